The van der Waals surface area contributed by atoms with Gasteiger partial charge in [-0.3, -0.25) is 9.59 Å². The lowest BCUT2D eigenvalue weighted by molar-refractivity contribution is -0.122. The number of hydrogen-bond acceptors (Lipinski definition) is 3. The number of anilines is 1. The van der Waals surface area contributed by atoms with Crippen molar-refractivity contribution in [1.29, 1.82) is 0 Å². The summed E-state index contributed by atoms with van der Waals surface area (Å²) in [6, 6.07) is 17.2. The van der Waals surface area contributed by atoms with E-state index >= 15 is 0 Å². The van der Waals surface area contributed by atoms with Crippen molar-refractivity contribution >= 4 is 17.4 Å². The molecule has 0 heterocycles. The maximum atomic E-state index is 12.3. The first-order chi connectivity index (χ1) is 12.0. The SMILES string of the molecule is CC(=O)c1cccc(N[C@@H](C)C(=O)N[C@@H](C)CCc2ccccc2)c1. The largest absolute Gasteiger partial charge is 0.374 e. The van der Waals surface area contributed by atoms with Crippen molar-refractivity contribution < 1.29 is 9.59 Å². The normalized spacial score (nSPS) is 12.9. The number of ketones is 1. The van der Waals surface area contributed by atoms with E-state index in [-0.39, 0.29) is 23.8 Å². The molecule has 0 bridgehead atoms. The van der Waals surface area contributed by atoms with Crippen molar-refractivity contribution in [1.82, 2.24) is 5.32 Å². The van der Waals surface area contributed by atoms with Crippen LogP contribution < -0.4 is 10.6 Å². The molecule has 0 aliphatic heterocycles. The lowest BCUT2D eigenvalue weighted by Crippen LogP contribution is -2.42. The Labute approximate surface area is 149 Å². The van der Waals surface area contributed by atoms with Gasteiger partial charge in [-0.2, -0.15) is 0 Å². The standard InChI is InChI=1S/C21H26N2O2/c1-15(12-13-18-8-5-4-6-9-18)22-21(25)16(2)23-20-11-7-10-19(14-20)17(3)24/h4-11,14-16,23H,12-13H2,1-3H3,(H,22,25)/t15-,16-/m0/s1. The number of Topliss-reactive ketones (excluding diaryl/α,β-unsaturated/α-hetero) is 1. The minimum atomic E-state index is -0.374. The van der Waals surface area contributed by atoms with Crippen LogP contribution in [0.15, 0.2) is 54.6 Å². The van der Waals surface area contributed by atoms with Crippen LogP contribution in [-0.2, 0) is 11.2 Å². The fourth-order valence-electron chi connectivity index (χ4n) is 2.61. The van der Waals surface area contributed by atoms with E-state index in [1.165, 1.54) is 12.5 Å². The summed E-state index contributed by atoms with van der Waals surface area (Å²) in [6.45, 7) is 5.37. The van der Waals surface area contributed by atoms with E-state index in [1.807, 2.05) is 44.2 Å². The molecule has 0 aliphatic carbocycles. The van der Waals surface area contributed by atoms with Crippen LogP contribution in [0.2, 0.25) is 0 Å². The Kier molecular flexibility index (Phi) is 6.75. The quantitative estimate of drug-likeness (QED) is 0.719. The minimum Gasteiger partial charge on any atom is -0.374 e. The first-order valence-electron chi connectivity index (χ1n) is 8.67. The molecule has 4 nitrogen and oxygen atoms in total. The minimum absolute atomic E-state index is 0.00953. The smallest absolute Gasteiger partial charge is 0.242 e. The van der Waals surface area contributed by atoms with Crippen molar-refractivity contribution in [2.45, 2.75) is 45.7 Å². The molecule has 0 radical (unpaired) electrons. The van der Waals surface area contributed by atoms with Gasteiger partial charge in [0.1, 0.15) is 6.04 Å². The molecule has 132 valence electrons. The predicted molar refractivity (Wildman–Crippen MR) is 102 cm³/mol. The molecule has 2 atom stereocenters. The van der Waals surface area contributed by atoms with Gasteiger partial charge >= 0.3 is 0 Å². The Balaban J connectivity index is 1.83. The monoisotopic (exact) mass is 338 g/mol. The van der Waals surface area contributed by atoms with Gasteiger partial charge in [-0.05, 0) is 51.3 Å². The van der Waals surface area contributed by atoms with Crippen LogP contribution in [0.5, 0.6) is 0 Å². The van der Waals surface area contributed by atoms with Gasteiger partial charge in [0, 0.05) is 17.3 Å². The molecule has 1 amide bonds. The van der Waals surface area contributed by atoms with E-state index in [9.17, 15) is 9.59 Å². The fraction of sp³-hybridized carbons (Fsp3) is 0.333. The van der Waals surface area contributed by atoms with Crippen molar-refractivity contribution in [3.8, 4) is 0 Å². The van der Waals surface area contributed by atoms with Crippen LogP contribution in [0.1, 0.15) is 43.1 Å². The molecular weight excluding hydrogens is 312 g/mol. The van der Waals surface area contributed by atoms with Crippen molar-refractivity contribution in [3.05, 3.63) is 65.7 Å². The maximum absolute atomic E-state index is 12.3. The van der Waals surface area contributed by atoms with E-state index < -0.39 is 0 Å². The molecule has 0 saturated carbocycles. The number of carbonyl (C=O) groups excluding carboxylic acids is 2. The molecule has 25 heavy (non-hydrogen) atoms. The lowest BCUT2D eigenvalue weighted by Gasteiger charge is -2.19. The van der Waals surface area contributed by atoms with Gasteiger partial charge in [0.25, 0.3) is 0 Å². The first kappa shape index (κ1) is 18.7. The first-order valence-corrected chi connectivity index (χ1v) is 8.67. The van der Waals surface area contributed by atoms with E-state index in [4.69, 9.17) is 0 Å². The van der Waals surface area contributed by atoms with Gasteiger partial charge in [0.15, 0.2) is 5.78 Å². The molecule has 0 spiro atoms. The topological polar surface area (TPSA) is 58.2 Å². The summed E-state index contributed by atoms with van der Waals surface area (Å²) in [5.74, 6) is -0.0379. The Morgan fingerprint density at radius 2 is 1.72 bits per heavy atom. The molecule has 2 aromatic carbocycles. The molecule has 0 saturated heterocycles. The molecule has 4 heteroatoms. The number of nitrogens with one attached hydrogen (secondary N) is 2. The second kappa shape index (κ2) is 9.02. The Morgan fingerprint density at radius 1 is 1.00 bits per heavy atom. The van der Waals surface area contributed by atoms with E-state index in [0.717, 1.165) is 18.5 Å². The van der Waals surface area contributed by atoms with Gasteiger partial charge in [-0.1, -0.05) is 42.5 Å². The summed E-state index contributed by atoms with van der Waals surface area (Å²) in [7, 11) is 0. The molecule has 0 aliphatic rings. The maximum Gasteiger partial charge on any atom is 0.242 e. The third kappa shape index (κ3) is 6.07. The average molecular weight is 338 g/mol. The zero-order valence-corrected chi connectivity index (χ0v) is 15.1. The highest BCUT2D eigenvalue weighted by Crippen LogP contribution is 2.12. The highest BCUT2D eigenvalue weighted by atomic mass is 16.2. The van der Waals surface area contributed by atoms with Crippen molar-refractivity contribution in [3.63, 3.8) is 0 Å². The Bertz CT molecular complexity index is 713. The van der Waals surface area contributed by atoms with Gasteiger partial charge in [-0.25, -0.2) is 0 Å². The lowest BCUT2D eigenvalue weighted by atomic mass is 10.1. The number of benzene rings is 2. The van der Waals surface area contributed by atoms with Crippen LogP contribution in [0, 0.1) is 0 Å². The number of rotatable bonds is 8. The fourth-order valence-corrected chi connectivity index (χ4v) is 2.61. The molecule has 2 rings (SSSR count). The molecule has 0 aromatic heterocycles. The Hall–Kier alpha value is -2.62. The van der Waals surface area contributed by atoms with Crippen LogP contribution in [0.3, 0.4) is 0 Å². The van der Waals surface area contributed by atoms with Crippen LogP contribution in [0.25, 0.3) is 0 Å². The van der Waals surface area contributed by atoms with Gasteiger partial charge in [0.05, 0.1) is 0 Å². The second-order valence-corrected chi connectivity index (χ2v) is 6.44. The summed E-state index contributed by atoms with van der Waals surface area (Å²) < 4.78 is 0. The molecule has 2 N–H and O–H groups in total. The van der Waals surface area contributed by atoms with E-state index in [0.29, 0.717) is 5.56 Å². The number of aryl methyl sites for hydroxylation is 1. The number of hydrogen-bond donors (Lipinski definition) is 2. The van der Waals surface area contributed by atoms with E-state index in [1.54, 1.807) is 12.1 Å². The molecule has 0 unspecified atom stereocenters. The van der Waals surface area contributed by atoms with Crippen molar-refractivity contribution in [2.75, 3.05) is 5.32 Å². The molecule has 0 fully saturated rings. The summed E-state index contributed by atoms with van der Waals surface area (Å²) in [5, 5.41) is 6.19. The van der Waals surface area contributed by atoms with Crippen LogP contribution in [0.4, 0.5) is 5.69 Å². The second-order valence-electron chi connectivity index (χ2n) is 6.44. The van der Waals surface area contributed by atoms with Crippen LogP contribution in [-0.4, -0.2) is 23.8 Å². The summed E-state index contributed by atoms with van der Waals surface area (Å²) in [6.07, 6.45) is 1.83. The highest BCUT2D eigenvalue weighted by Gasteiger charge is 2.15. The van der Waals surface area contributed by atoms with Crippen molar-refractivity contribution in [2.24, 2.45) is 0 Å². The Morgan fingerprint density at radius 3 is 2.40 bits per heavy atom. The highest BCUT2D eigenvalue weighted by molar-refractivity contribution is 5.95. The van der Waals surface area contributed by atoms with Gasteiger partial charge < -0.3 is 10.6 Å². The zero-order chi connectivity index (χ0) is 18.2. The number of amides is 1. The van der Waals surface area contributed by atoms with Gasteiger partial charge in [-0.15, -0.1) is 0 Å². The summed E-state index contributed by atoms with van der Waals surface area (Å²) in [5.41, 5.74) is 2.68. The average Bonchev–Trinajstić information content (AvgIpc) is 2.61. The molecule has 2 aromatic rings. The van der Waals surface area contributed by atoms with Crippen LogP contribution >= 0.6 is 0 Å². The third-order valence-electron chi connectivity index (χ3n) is 4.14. The van der Waals surface area contributed by atoms with E-state index in [2.05, 4.69) is 22.8 Å². The summed E-state index contributed by atoms with van der Waals surface area (Å²) >= 11 is 0. The number of carbonyl (C=O) groups is 2. The third-order valence-corrected chi connectivity index (χ3v) is 4.14. The zero-order valence-electron chi connectivity index (χ0n) is 15.1. The summed E-state index contributed by atoms with van der Waals surface area (Å²) in [4.78, 5) is 23.8. The van der Waals surface area contributed by atoms with Gasteiger partial charge in [0.2, 0.25) is 5.91 Å². The predicted octanol–water partition coefficient (Wildman–Crippen LogP) is 3.83. The molecular formula is C21H26N2O2.